The second-order valence-electron chi connectivity index (χ2n) is 8.79. The van der Waals surface area contributed by atoms with Crippen molar-refractivity contribution in [1.82, 2.24) is 16.0 Å². The molecule has 13 heteroatoms. The Morgan fingerprint density at radius 3 is 2.21 bits per heavy atom. The standard InChI is InChI=1S/C25H41N5O8/c1-17(2)22(30-21(32)16-38-14-13-37-12-11-36-3)24(34)29-20(5-4-10-27-25(26)35)23(33)28-19-8-6-18(15-31)7-9-19/h6-9,17,20,22,31H,4-5,10-16H2,1-3H3,(H,28,33)(H,29,34)(H,30,32)(H3,26,27,35)/t20-,22-/m0/s1. The second-order valence-corrected chi connectivity index (χ2v) is 8.79. The second kappa shape index (κ2) is 18.9. The van der Waals surface area contributed by atoms with Crippen LogP contribution in [-0.4, -0.2) is 87.6 Å². The number of nitrogens with one attached hydrogen (secondary N) is 4. The minimum Gasteiger partial charge on any atom is -0.392 e. The van der Waals surface area contributed by atoms with Crippen molar-refractivity contribution in [3.05, 3.63) is 29.8 Å². The van der Waals surface area contributed by atoms with Crippen molar-refractivity contribution in [3.8, 4) is 0 Å². The van der Waals surface area contributed by atoms with Gasteiger partial charge in [-0.15, -0.1) is 0 Å². The minimum absolute atomic E-state index is 0.130. The topological polar surface area (TPSA) is 190 Å². The van der Waals surface area contributed by atoms with Crippen molar-refractivity contribution in [2.75, 3.05) is 52.0 Å². The number of benzene rings is 1. The van der Waals surface area contributed by atoms with E-state index in [0.717, 1.165) is 0 Å². The van der Waals surface area contributed by atoms with Gasteiger partial charge in [0.15, 0.2) is 0 Å². The normalized spacial score (nSPS) is 12.4. The maximum Gasteiger partial charge on any atom is 0.312 e. The number of hydrogen-bond acceptors (Lipinski definition) is 8. The molecule has 0 aliphatic rings. The first-order valence-electron chi connectivity index (χ1n) is 12.5. The number of anilines is 1. The Balaban J connectivity index is 2.74. The van der Waals surface area contributed by atoms with Crippen LogP contribution in [0.25, 0.3) is 0 Å². The number of aliphatic hydroxyl groups is 1. The molecule has 0 heterocycles. The predicted molar refractivity (Wildman–Crippen MR) is 140 cm³/mol. The average Bonchev–Trinajstić information content (AvgIpc) is 2.88. The molecule has 2 atom stereocenters. The van der Waals surface area contributed by atoms with Crippen molar-refractivity contribution in [2.45, 2.75) is 45.4 Å². The molecule has 0 saturated carbocycles. The molecule has 1 aromatic carbocycles. The fraction of sp³-hybridized carbons (Fsp3) is 0.600. The van der Waals surface area contributed by atoms with E-state index in [2.05, 4.69) is 21.3 Å². The van der Waals surface area contributed by atoms with E-state index in [1.54, 1.807) is 45.2 Å². The number of primary amides is 1. The molecule has 0 saturated heterocycles. The third kappa shape index (κ3) is 13.9. The highest BCUT2D eigenvalue weighted by molar-refractivity contribution is 5.98. The molecule has 0 radical (unpaired) electrons. The third-order valence-corrected chi connectivity index (χ3v) is 5.31. The molecular weight excluding hydrogens is 498 g/mol. The fourth-order valence-corrected chi connectivity index (χ4v) is 3.25. The Bertz CT molecular complexity index is 866. The maximum absolute atomic E-state index is 13.1. The van der Waals surface area contributed by atoms with E-state index in [1.165, 1.54) is 0 Å². The largest absolute Gasteiger partial charge is 0.392 e. The van der Waals surface area contributed by atoms with E-state index >= 15 is 0 Å². The molecule has 1 rings (SSSR count). The molecule has 0 unspecified atom stereocenters. The fourth-order valence-electron chi connectivity index (χ4n) is 3.25. The summed E-state index contributed by atoms with van der Waals surface area (Å²) in [5, 5.41) is 19.7. The summed E-state index contributed by atoms with van der Waals surface area (Å²) in [4.78, 5) is 49.4. The Morgan fingerprint density at radius 2 is 1.61 bits per heavy atom. The number of rotatable bonds is 19. The van der Waals surface area contributed by atoms with E-state index in [-0.39, 0.29) is 38.7 Å². The lowest BCUT2D eigenvalue weighted by atomic mass is 10.0. The van der Waals surface area contributed by atoms with Crippen LogP contribution < -0.4 is 27.0 Å². The van der Waals surface area contributed by atoms with E-state index < -0.39 is 35.8 Å². The van der Waals surface area contributed by atoms with Crippen molar-refractivity contribution in [3.63, 3.8) is 0 Å². The van der Waals surface area contributed by atoms with E-state index in [4.69, 9.17) is 19.9 Å². The van der Waals surface area contributed by atoms with Crippen LogP contribution in [0.15, 0.2) is 24.3 Å². The summed E-state index contributed by atoms with van der Waals surface area (Å²) >= 11 is 0. The molecular formula is C25H41N5O8. The van der Waals surface area contributed by atoms with Crippen LogP contribution in [0.3, 0.4) is 0 Å². The van der Waals surface area contributed by atoms with Crippen LogP contribution in [-0.2, 0) is 35.2 Å². The number of methoxy groups -OCH3 is 1. The Morgan fingerprint density at radius 1 is 0.947 bits per heavy atom. The van der Waals surface area contributed by atoms with E-state index in [1.807, 2.05) is 0 Å². The quantitative estimate of drug-likeness (QED) is 0.131. The van der Waals surface area contributed by atoms with Gasteiger partial charge < -0.3 is 46.3 Å². The number of ether oxygens (including phenoxy) is 3. The lowest BCUT2D eigenvalue weighted by molar-refractivity contribution is -0.134. The summed E-state index contributed by atoms with van der Waals surface area (Å²) in [5.41, 5.74) is 6.26. The van der Waals surface area contributed by atoms with Gasteiger partial charge in [-0.05, 0) is 36.5 Å². The summed E-state index contributed by atoms with van der Waals surface area (Å²) in [7, 11) is 1.57. The number of carbonyl (C=O) groups excluding carboxylic acids is 4. The number of nitrogens with two attached hydrogens (primary N) is 1. The van der Waals surface area contributed by atoms with Crippen LogP contribution in [0.1, 0.15) is 32.3 Å². The van der Waals surface area contributed by atoms with Crippen LogP contribution in [0.4, 0.5) is 10.5 Å². The summed E-state index contributed by atoms with van der Waals surface area (Å²) < 4.78 is 15.4. The van der Waals surface area contributed by atoms with Gasteiger partial charge in [-0.1, -0.05) is 26.0 Å². The van der Waals surface area contributed by atoms with Crippen LogP contribution in [0, 0.1) is 5.92 Å². The number of urea groups is 1. The zero-order valence-electron chi connectivity index (χ0n) is 22.3. The lowest BCUT2D eigenvalue weighted by Crippen LogP contribution is -2.55. The highest BCUT2D eigenvalue weighted by atomic mass is 16.5. The summed E-state index contributed by atoms with van der Waals surface area (Å²) in [5.74, 6) is -1.76. The molecule has 0 spiro atoms. The highest BCUT2D eigenvalue weighted by Gasteiger charge is 2.28. The average molecular weight is 540 g/mol. The highest BCUT2D eigenvalue weighted by Crippen LogP contribution is 2.12. The van der Waals surface area contributed by atoms with Gasteiger partial charge in [0.05, 0.1) is 33.0 Å². The Labute approximate surface area is 223 Å². The maximum atomic E-state index is 13.1. The number of carbonyl (C=O) groups is 4. The Hall–Kier alpha value is -3.26. The molecule has 0 fully saturated rings. The zero-order valence-corrected chi connectivity index (χ0v) is 22.3. The molecule has 5 amide bonds. The Kier molecular flexibility index (Phi) is 16.3. The molecule has 38 heavy (non-hydrogen) atoms. The summed E-state index contributed by atoms with van der Waals surface area (Å²) in [6, 6.07) is 4.05. The molecule has 13 nitrogen and oxygen atoms in total. The SMILES string of the molecule is COCCOCCOCC(=O)N[C@H](C(=O)N[C@@H](CCCNC(N)=O)C(=O)Nc1ccc(CO)cc1)C(C)C. The van der Waals surface area contributed by atoms with Crippen LogP contribution >= 0.6 is 0 Å². The van der Waals surface area contributed by atoms with Gasteiger partial charge in [0.2, 0.25) is 17.7 Å². The minimum atomic E-state index is -0.951. The molecule has 214 valence electrons. The van der Waals surface area contributed by atoms with Gasteiger partial charge in [-0.2, -0.15) is 0 Å². The summed E-state index contributed by atoms with van der Waals surface area (Å²) in [6.07, 6.45) is 0.571. The van der Waals surface area contributed by atoms with Crippen LogP contribution in [0.5, 0.6) is 0 Å². The monoisotopic (exact) mass is 539 g/mol. The van der Waals surface area contributed by atoms with E-state index in [0.29, 0.717) is 37.5 Å². The van der Waals surface area contributed by atoms with Crippen molar-refractivity contribution in [2.24, 2.45) is 11.7 Å². The third-order valence-electron chi connectivity index (χ3n) is 5.31. The van der Waals surface area contributed by atoms with E-state index in [9.17, 15) is 24.3 Å². The molecule has 0 bridgehead atoms. The molecule has 0 aromatic heterocycles. The van der Waals surface area contributed by atoms with Gasteiger partial charge >= 0.3 is 6.03 Å². The van der Waals surface area contributed by atoms with Gasteiger partial charge in [-0.3, -0.25) is 14.4 Å². The summed E-state index contributed by atoms with van der Waals surface area (Å²) in [6.45, 7) is 4.76. The zero-order chi connectivity index (χ0) is 28.3. The smallest absolute Gasteiger partial charge is 0.312 e. The molecule has 7 N–H and O–H groups in total. The van der Waals surface area contributed by atoms with Gasteiger partial charge in [0.25, 0.3) is 0 Å². The van der Waals surface area contributed by atoms with Crippen LogP contribution in [0.2, 0.25) is 0 Å². The first-order chi connectivity index (χ1) is 18.2. The molecule has 0 aliphatic heterocycles. The van der Waals surface area contributed by atoms with Gasteiger partial charge in [0.1, 0.15) is 18.7 Å². The predicted octanol–water partition coefficient (Wildman–Crippen LogP) is -0.129. The number of amides is 5. The van der Waals surface area contributed by atoms with Crippen molar-refractivity contribution in [1.29, 1.82) is 0 Å². The lowest BCUT2D eigenvalue weighted by Gasteiger charge is -2.25. The number of hydrogen-bond donors (Lipinski definition) is 6. The van der Waals surface area contributed by atoms with Crippen molar-refractivity contribution >= 4 is 29.4 Å². The first-order valence-corrected chi connectivity index (χ1v) is 12.5. The number of aliphatic hydroxyl groups excluding tert-OH is 1. The first kappa shape index (κ1) is 32.8. The van der Waals surface area contributed by atoms with Crippen molar-refractivity contribution < 1.29 is 38.5 Å². The van der Waals surface area contributed by atoms with Gasteiger partial charge in [0, 0.05) is 19.3 Å². The molecule has 0 aliphatic carbocycles. The molecule has 1 aromatic rings. The van der Waals surface area contributed by atoms with Gasteiger partial charge in [-0.25, -0.2) is 4.79 Å².